The van der Waals surface area contributed by atoms with Gasteiger partial charge in [0.25, 0.3) is 0 Å². The van der Waals surface area contributed by atoms with E-state index >= 15 is 0 Å². The minimum Gasteiger partial charge on any atom is -0.497 e. The number of hydrogen-bond donors (Lipinski definition) is 2. The van der Waals surface area contributed by atoms with Crippen LogP contribution in [0.5, 0.6) is 11.5 Å². The molecule has 100 valence electrons. The summed E-state index contributed by atoms with van der Waals surface area (Å²) in [7, 11) is 3.30. The van der Waals surface area contributed by atoms with E-state index in [1.807, 2.05) is 18.2 Å². The summed E-state index contributed by atoms with van der Waals surface area (Å²) in [5, 5.41) is 13.3. The highest BCUT2D eigenvalue weighted by Crippen LogP contribution is 2.28. The van der Waals surface area contributed by atoms with Crippen LogP contribution in [0.25, 0.3) is 0 Å². The van der Waals surface area contributed by atoms with Crippen LogP contribution in [0.15, 0.2) is 18.2 Å². The summed E-state index contributed by atoms with van der Waals surface area (Å²) >= 11 is 0. The van der Waals surface area contributed by atoms with Crippen molar-refractivity contribution in [3.05, 3.63) is 23.8 Å². The lowest BCUT2D eigenvalue weighted by Gasteiger charge is -2.28. The average molecular weight is 251 g/mol. The van der Waals surface area contributed by atoms with E-state index in [4.69, 9.17) is 9.47 Å². The van der Waals surface area contributed by atoms with Crippen molar-refractivity contribution in [1.29, 1.82) is 0 Å². The van der Waals surface area contributed by atoms with Gasteiger partial charge < -0.3 is 19.9 Å². The predicted molar refractivity (Wildman–Crippen MR) is 70.2 cm³/mol. The Hall–Kier alpha value is -1.26. The second kappa shape index (κ2) is 6.07. The number of piperidine rings is 1. The second-order valence-electron chi connectivity index (χ2n) is 4.70. The van der Waals surface area contributed by atoms with E-state index in [-0.39, 0.29) is 12.0 Å². The third-order valence-electron chi connectivity index (χ3n) is 3.54. The van der Waals surface area contributed by atoms with Gasteiger partial charge in [0.1, 0.15) is 11.5 Å². The van der Waals surface area contributed by atoms with Crippen molar-refractivity contribution in [3.63, 3.8) is 0 Å². The Morgan fingerprint density at radius 3 is 2.83 bits per heavy atom. The van der Waals surface area contributed by atoms with E-state index in [1.165, 1.54) is 0 Å². The highest BCUT2D eigenvalue weighted by Gasteiger charge is 2.24. The molecule has 2 rings (SSSR count). The molecular weight excluding hydrogens is 230 g/mol. The van der Waals surface area contributed by atoms with E-state index in [0.29, 0.717) is 0 Å². The Balaban J connectivity index is 2.12. The minimum absolute atomic E-state index is 0.224. The summed E-state index contributed by atoms with van der Waals surface area (Å²) in [6.45, 7) is 1.76. The topological polar surface area (TPSA) is 50.7 Å². The molecule has 2 unspecified atom stereocenters. The fourth-order valence-corrected chi connectivity index (χ4v) is 2.42. The molecule has 0 aromatic heterocycles. The number of benzene rings is 1. The number of aliphatic hydroxyl groups is 1. The van der Waals surface area contributed by atoms with Gasteiger partial charge in [0.15, 0.2) is 0 Å². The number of hydrogen-bond acceptors (Lipinski definition) is 4. The smallest absolute Gasteiger partial charge is 0.125 e. The molecule has 1 saturated heterocycles. The number of methoxy groups -OCH3 is 2. The Morgan fingerprint density at radius 2 is 2.17 bits per heavy atom. The maximum atomic E-state index is 9.99. The van der Waals surface area contributed by atoms with Crippen molar-refractivity contribution in [2.45, 2.75) is 18.9 Å². The first-order chi connectivity index (χ1) is 8.74. The molecule has 1 aliphatic heterocycles. The summed E-state index contributed by atoms with van der Waals surface area (Å²) in [4.78, 5) is 0. The van der Waals surface area contributed by atoms with Gasteiger partial charge in [-0.25, -0.2) is 0 Å². The van der Waals surface area contributed by atoms with Crippen molar-refractivity contribution in [3.8, 4) is 11.5 Å². The molecule has 0 radical (unpaired) electrons. The molecule has 18 heavy (non-hydrogen) atoms. The van der Waals surface area contributed by atoms with Crippen LogP contribution < -0.4 is 14.8 Å². The van der Waals surface area contributed by atoms with Crippen LogP contribution in [-0.4, -0.2) is 38.5 Å². The zero-order chi connectivity index (χ0) is 13.0. The lowest BCUT2D eigenvalue weighted by Crippen LogP contribution is -2.40. The molecular formula is C14H21NO3. The van der Waals surface area contributed by atoms with Crippen LogP contribution in [0, 0.1) is 5.92 Å². The van der Waals surface area contributed by atoms with Crippen molar-refractivity contribution >= 4 is 0 Å². The molecule has 1 aromatic rings. The van der Waals surface area contributed by atoms with Gasteiger partial charge in [0.2, 0.25) is 0 Å². The van der Waals surface area contributed by atoms with E-state index in [0.717, 1.165) is 43.0 Å². The normalized spacial score (nSPS) is 23.7. The van der Waals surface area contributed by atoms with Gasteiger partial charge in [-0.15, -0.1) is 0 Å². The van der Waals surface area contributed by atoms with E-state index in [1.54, 1.807) is 14.2 Å². The maximum Gasteiger partial charge on any atom is 0.125 e. The minimum atomic E-state index is -0.224. The third kappa shape index (κ3) is 2.94. The van der Waals surface area contributed by atoms with Gasteiger partial charge >= 0.3 is 0 Å². The average Bonchev–Trinajstić information content (AvgIpc) is 2.41. The molecule has 0 aliphatic carbocycles. The fraction of sp³-hybridized carbons (Fsp3) is 0.571. The fourth-order valence-electron chi connectivity index (χ4n) is 2.42. The number of nitrogens with one attached hydrogen (secondary N) is 1. The van der Waals surface area contributed by atoms with Crippen molar-refractivity contribution < 1.29 is 14.6 Å². The van der Waals surface area contributed by atoms with Crippen LogP contribution in [0.4, 0.5) is 0 Å². The lowest BCUT2D eigenvalue weighted by atomic mass is 9.89. The summed E-state index contributed by atoms with van der Waals surface area (Å²) < 4.78 is 10.6. The monoisotopic (exact) mass is 251 g/mol. The highest BCUT2D eigenvalue weighted by atomic mass is 16.5. The molecule has 1 heterocycles. The first-order valence-electron chi connectivity index (χ1n) is 6.34. The van der Waals surface area contributed by atoms with Crippen LogP contribution in [0.3, 0.4) is 0 Å². The molecule has 4 heteroatoms. The van der Waals surface area contributed by atoms with Gasteiger partial charge in [0.05, 0.1) is 20.3 Å². The van der Waals surface area contributed by atoms with Crippen LogP contribution in [-0.2, 0) is 6.42 Å². The quantitative estimate of drug-likeness (QED) is 0.844. The zero-order valence-corrected chi connectivity index (χ0v) is 11.0. The first-order valence-corrected chi connectivity index (χ1v) is 6.34. The molecule has 4 nitrogen and oxygen atoms in total. The second-order valence-corrected chi connectivity index (χ2v) is 4.70. The van der Waals surface area contributed by atoms with E-state index in [2.05, 4.69) is 5.32 Å². The van der Waals surface area contributed by atoms with Gasteiger partial charge in [-0.3, -0.25) is 0 Å². The highest BCUT2D eigenvalue weighted by molar-refractivity contribution is 5.41. The Morgan fingerprint density at radius 1 is 1.33 bits per heavy atom. The maximum absolute atomic E-state index is 9.99. The molecule has 2 N–H and O–H groups in total. The Bertz CT molecular complexity index is 395. The SMILES string of the molecule is COc1ccc(CC2CNCCC2O)c(OC)c1. The first kappa shape index (κ1) is 13.2. The van der Waals surface area contributed by atoms with Gasteiger partial charge in [-0.2, -0.15) is 0 Å². The van der Waals surface area contributed by atoms with Gasteiger partial charge in [-0.05, 0) is 31.0 Å². The summed E-state index contributed by atoms with van der Waals surface area (Å²) in [5.41, 5.74) is 1.12. The Labute approximate surface area is 108 Å². The predicted octanol–water partition coefficient (Wildman–Crippen LogP) is 1.22. The van der Waals surface area contributed by atoms with Crippen molar-refractivity contribution in [1.82, 2.24) is 5.32 Å². The summed E-state index contributed by atoms with van der Waals surface area (Å²) in [6.07, 6.45) is 1.42. The molecule has 1 fully saturated rings. The van der Waals surface area contributed by atoms with E-state index < -0.39 is 0 Å². The van der Waals surface area contributed by atoms with E-state index in [9.17, 15) is 5.11 Å². The van der Waals surface area contributed by atoms with Gasteiger partial charge in [0, 0.05) is 18.5 Å². The summed E-state index contributed by atoms with van der Waals surface area (Å²) in [6, 6.07) is 5.83. The Kier molecular flexibility index (Phi) is 4.44. The molecule has 0 spiro atoms. The van der Waals surface area contributed by atoms with Crippen molar-refractivity contribution in [2.75, 3.05) is 27.3 Å². The van der Waals surface area contributed by atoms with Gasteiger partial charge in [-0.1, -0.05) is 6.07 Å². The number of rotatable bonds is 4. The molecule has 0 bridgehead atoms. The molecule has 0 amide bonds. The molecule has 2 atom stereocenters. The molecule has 1 aliphatic rings. The van der Waals surface area contributed by atoms with Crippen LogP contribution >= 0.6 is 0 Å². The largest absolute Gasteiger partial charge is 0.497 e. The number of aliphatic hydroxyl groups excluding tert-OH is 1. The molecule has 1 aromatic carbocycles. The van der Waals surface area contributed by atoms with Crippen molar-refractivity contribution in [2.24, 2.45) is 5.92 Å². The number of ether oxygens (including phenoxy) is 2. The third-order valence-corrected chi connectivity index (χ3v) is 3.54. The summed E-state index contributed by atoms with van der Waals surface area (Å²) in [5.74, 6) is 1.87. The lowest BCUT2D eigenvalue weighted by molar-refractivity contribution is 0.0788. The van der Waals surface area contributed by atoms with Crippen LogP contribution in [0.2, 0.25) is 0 Å². The van der Waals surface area contributed by atoms with Crippen LogP contribution in [0.1, 0.15) is 12.0 Å². The molecule has 0 saturated carbocycles. The standard InChI is InChI=1S/C14H21NO3/c1-17-12-4-3-10(14(8-12)18-2)7-11-9-15-6-5-13(11)16/h3-4,8,11,13,15-16H,5-7,9H2,1-2H3. The zero-order valence-electron chi connectivity index (χ0n) is 11.0.